The third kappa shape index (κ3) is 3.91. The highest BCUT2D eigenvalue weighted by Crippen LogP contribution is 2.21. The first-order valence-corrected chi connectivity index (χ1v) is 8.26. The number of carbonyl (C=O) groups excluding carboxylic acids is 2. The van der Waals surface area contributed by atoms with Gasteiger partial charge in [0.1, 0.15) is 5.01 Å². The zero-order valence-corrected chi connectivity index (χ0v) is 13.8. The minimum atomic E-state index is -0.150. The monoisotopic (exact) mass is 337 g/mol. The molecule has 2 aromatic heterocycles. The molecule has 1 N–H and O–H groups in total. The topological polar surface area (TPSA) is 72.0 Å². The molecule has 0 aliphatic heterocycles. The average molecular weight is 337 g/mol. The van der Waals surface area contributed by atoms with Gasteiger partial charge in [-0.25, -0.2) is 4.98 Å². The molecule has 0 unspecified atom stereocenters. The number of Topliss-reactive ketones (excluding diaryl/α,β-unsaturated/α-hetero) is 1. The van der Waals surface area contributed by atoms with Gasteiger partial charge in [0.2, 0.25) is 5.91 Å². The van der Waals surface area contributed by atoms with Crippen LogP contribution in [-0.4, -0.2) is 21.7 Å². The highest BCUT2D eigenvalue weighted by Gasteiger charge is 2.10. The van der Waals surface area contributed by atoms with Gasteiger partial charge >= 0.3 is 0 Å². The number of thiazole rings is 1. The standard InChI is InChI=1S/C18H15N3O2S/c1-12(22)13-5-7-14(8-6-13)20-17(23)10-15-11-24-18(21-15)16-4-2-3-9-19-16/h2-9,11H,10H2,1H3,(H,20,23). The van der Waals surface area contributed by atoms with Gasteiger partial charge in [-0.2, -0.15) is 0 Å². The molecule has 24 heavy (non-hydrogen) atoms. The van der Waals surface area contributed by atoms with E-state index in [9.17, 15) is 9.59 Å². The first-order valence-electron chi connectivity index (χ1n) is 7.38. The molecular weight excluding hydrogens is 322 g/mol. The quantitative estimate of drug-likeness (QED) is 0.722. The van der Waals surface area contributed by atoms with Crippen LogP contribution in [0.25, 0.3) is 10.7 Å². The molecule has 2 heterocycles. The summed E-state index contributed by atoms with van der Waals surface area (Å²) in [6.45, 7) is 1.51. The Kier molecular flexibility index (Phi) is 4.77. The van der Waals surface area contributed by atoms with E-state index in [1.165, 1.54) is 18.3 Å². The van der Waals surface area contributed by atoms with E-state index in [2.05, 4.69) is 15.3 Å². The number of pyridine rings is 1. The zero-order chi connectivity index (χ0) is 16.9. The second-order valence-electron chi connectivity index (χ2n) is 5.22. The third-order valence-corrected chi connectivity index (χ3v) is 4.27. The Labute approximate surface area is 143 Å². The normalized spacial score (nSPS) is 10.4. The Morgan fingerprint density at radius 2 is 1.92 bits per heavy atom. The number of nitrogens with zero attached hydrogens (tertiary/aromatic N) is 2. The van der Waals surface area contributed by atoms with Crippen LogP contribution < -0.4 is 5.32 Å². The number of hydrogen-bond donors (Lipinski definition) is 1. The average Bonchev–Trinajstić information content (AvgIpc) is 3.04. The number of hydrogen-bond acceptors (Lipinski definition) is 5. The fourth-order valence-electron chi connectivity index (χ4n) is 2.15. The number of amides is 1. The van der Waals surface area contributed by atoms with Crippen LogP contribution in [0.1, 0.15) is 23.0 Å². The minimum absolute atomic E-state index is 0.00241. The van der Waals surface area contributed by atoms with E-state index in [0.717, 1.165) is 10.7 Å². The summed E-state index contributed by atoms with van der Waals surface area (Å²) in [5.74, 6) is -0.152. The molecule has 3 aromatic rings. The smallest absolute Gasteiger partial charge is 0.230 e. The van der Waals surface area contributed by atoms with Gasteiger partial charge in [-0.1, -0.05) is 6.07 Å². The molecule has 1 aromatic carbocycles. The maximum absolute atomic E-state index is 12.1. The molecule has 0 saturated heterocycles. The van der Waals surface area contributed by atoms with Crippen molar-refractivity contribution >= 4 is 28.7 Å². The van der Waals surface area contributed by atoms with Gasteiger partial charge in [-0.3, -0.25) is 14.6 Å². The van der Waals surface area contributed by atoms with Gasteiger partial charge in [0, 0.05) is 22.8 Å². The van der Waals surface area contributed by atoms with Gasteiger partial charge < -0.3 is 5.32 Å². The van der Waals surface area contributed by atoms with Crippen LogP contribution in [-0.2, 0) is 11.2 Å². The van der Waals surface area contributed by atoms with Gasteiger partial charge in [0.05, 0.1) is 17.8 Å². The largest absolute Gasteiger partial charge is 0.326 e. The first-order chi connectivity index (χ1) is 11.6. The summed E-state index contributed by atoms with van der Waals surface area (Å²) < 4.78 is 0. The van der Waals surface area contributed by atoms with Crippen LogP contribution >= 0.6 is 11.3 Å². The van der Waals surface area contributed by atoms with Gasteiger partial charge in [0.25, 0.3) is 0 Å². The van der Waals surface area contributed by atoms with E-state index in [0.29, 0.717) is 16.9 Å². The van der Waals surface area contributed by atoms with E-state index < -0.39 is 0 Å². The molecule has 0 spiro atoms. The van der Waals surface area contributed by atoms with Gasteiger partial charge in [-0.05, 0) is 43.3 Å². The van der Waals surface area contributed by atoms with Gasteiger partial charge in [-0.15, -0.1) is 11.3 Å². The molecule has 0 radical (unpaired) electrons. The number of benzene rings is 1. The molecule has 0 atom stereocenters. The molecule has 0 saturated carbocycles. The first kappa shape index (κ1) is 16.0. The third-order valence-electron chi connectivity index (χ3n) is 3.35. The van der Waals surface area contributed by atoms with E-state index in [1.807, 2.05) is 23.6 Å². The summed E-state index contributed by atoms with van der Waals surface area (Å²) in [7, 11) is 0. The van der Waals surface area contributed by atoms with Crippen molar-refractivity contribution in [3.8, 4) is 10.7 Å². The molecule has 0 fully saturated rings. The summed E-state index contributed by atoms with van der Waals surface area (Å²) in [5.41, 5.74) is 2.78. The number of aromatic nitrogens is 2. The second-order valence-corrected chi connectivity index (χ2v) is 6.08. The highest BCUT2D eigenvalue weighted by molar-refractivity contribution is 7.13. The fourth-order valence-corrected chi connectivity index (χ4v) is 2.95. The van der Waals surface area contributed by atoms with Crippen LogP contribution in [0.4, 0.5) is 5.69 Å². The van der Waals surface area contributed by atoms with Crippen molar-refractivity contribution in [2.45, 2.75) is 13.3 Å². The number of carbonyl (C=O) groups is 2. The molecule has 6 heteroatoms. The van der Waals surface area contributed by atoms with Crippen molar-refractivity contribution in [1.82, 2.24) is 9.97 Å². The second kappa shape index (κ2) is 7.14. The highest BCUT2D eigenvalue weighted by atomic mass is 32.1. The van der Waals surface area contributed by atoms with Gasteiger partial charge in [0.15, 0.2) is 5.78 Å². The Hall–Kier alpha value is -2.86. The molecule has 0 aliphatic carbocycles. The van der Waals surface area contributed by atoms with E-state index in [-0.39, 0.29) is 18.1 Å². The summed E-state index contributed by atoms with van der Waals surface area (Å²) in [6, 6.07) is 12.5. The van der Waals surface area contributed by atoms with Crippen LogP contribution in [0.5, 0.6) is 0 Å². The van der Waals surface area contributed by atoms with Crippen LogP contribution in [0.3, 0.4) is 0 Å². The predicted molar refractivity (Wildman–Crippen MR) is 94.1 cm³/mol. The fraction of sp³-hybridized carbons (Fsp3) is 0.111. The number of anilines is 1. The maximum atomic E-state index is 12.1. The molecular formula is C18H15N3O2S. The van der Waals surface area contributed by atoms with E-state index >= 15 is 0 Å². The maximum Gasteiger partial charge on any atom is 0.230 e. The van der Waals surface area contributed by atoms with Crippen molar-refractivity contribution in [3.63, 3.8) is 0 Å². The van der Waals surface area contributed by atoms with Crippen molar-refractivity contribution in [3.05, 3.63) is 65.3 Å². The molecule has 120 valence electrons. The van der Waals surface area contributed by atoms with Crippen molar-refractivity contribution < 1.29 is 9.59 Å². The summed E-state index contributed by atoms with van der Waals surface area (Å²) >= 11 is 1.46. The lowest BCUT2D eigenvalue weighted by atomic mass is 10.1. The number of rotatable bonds is 5. The molecule has 0 bridgehead atoms. The summed E-state index contributed by atoms with van der Waals surface area (Å²) in [4.78, 5) is 32.1. The van der Waals surface area contributed by atoms with Crippen molar-refractivity contribution in [2.75, 3.05) is 5.32 Å². The summed E-state index contributed by atoms with van der Waals surface area (Å²) in [6.07, 6.45) is 1.91. The Morgan fingerprint density at radius 3 is 2.58 bits per heavy atom. The van der Waals surface area contributed by atoms with Crippen LogP contribution in [0.2, 0.25) is 0 Å². The van der Waals surface area contributed by atoms with Crippen molar-refractivity contribution in [1.29, 1.82) is 0 Å². The number of nitrogens with one attached hydrogen (secondary N) is 1. The SMILES string of the molecule is CC(=O)c1ccc(NC(=O)Cc2csc(-c3ccccn3)n2)cc1. The Bertz CT molecular complexity index is 857. The lowest BCUT2D eigenvalue weighted by molar-refractivity contribution is -0.115. The Morgan fingerprint density at radius 1 is 1.12 bits per heavy atom. The lowest BCUT2D eigenvalue weighted by Crippen LogP contribution is -2.14. The Balaban J connectivity index is 1.63. The van der Waals surface area contributed by atoms with Crippen molar-refractivity contribution in [2.24, 2.45) is 0 Å². The van der Waals surface area contributed by atoms with Crippen LogP contribution in [0.15, 0.2) is 54.0 Å². The molecule has 1 amide bonds. The molecule has 3 rings (SSSR count). The van der Waals surface area contributed by atoms with Crippen LogP contribution in [0, 0.1) is 0 Å². The lowest BCUT2D eigenvalue weighted by Gasteiger charge is -2.04. The van der Waals surface area contributed by atoms with E-state index in [1.54, 1.807) is 30.5 Å². The molecule has 5 nitrogen and oxygen atoms in total. The zero-order valence-electron chi connectivity index (χ0n) is 13.0. The van der Waals surface area contributed by atoms with E-state index in [4.69, 9.17) is 0 Å². The number of ketones is 1. The summed E-state index contributed by atoms with van der Waals surface area (Å²) in [5, 5.41) is 5.46. The molecule has 0 aliphatic rings. The predicted octanol–water partition coefficient (Wildman–Crippen LogP) is 3.59. The minimum Gasteiger partial charge on any atom is -0.326 e.